The minimum Gasteiger partial charge on any atom is -0.393 e. The van der Waals surface area contributed by atoms with Crippen molar-refractivity contribution in [2.24, 2.45) is 5.92 Å². The fourth-order valence-electron chi connectivity index (χ4n) is 2.09. The number of rotatable bonds is 3. The summed E-state index contributed by atoms with van der Waals surface area (Å²) in [6, 6.07) is 1.44. The lowest BCUT2D eigenvalue weighted by Crippen LogP contribution is -2.30. The zero-order valence-electron chi connectivity index (χ0n) is 10.3. The Morgan fingerprint density at radius 2 is 2.32 bits per heavy atom. The van der Waals surface area contributed by atoms with Gasteiger partial charge in [-0.15, -0.1) is 0 Å². The Morgan fingerprint density at radius 3 is 2.89 bits per heavy atom. The topological polar surface area (TPSA) is 70.5 Å². The molecule has 8 heteroatoms. The van der Waals surface area contributed by atoms with Gasteiger partial charge in [0.1, 0.15) is 10.0 Å². The van der Waals surface area contributed by atoms with Crippen LogP contribution < -0.4 is 0 Å². The van der Waals surface area contributed by atoms with Crippen LogP contribution in [0.1, 0.15) is 13.3 Å². The minimum atomic E-state index is -3.66. The number of hydrogen-bond donors (Lipinski definition) is 1. The summed E-state index contributed by atoms with van der Waals surface area (Å²) in [5, 5.41) is 9.50. The van der Waals surface area contributed by atoms with Gasteiger partial charge in [-0.1, -0.05) is 11.6 Å². The first kappa shape index (κ1) is 15.2. The lowest BCUT2D eigenvalue weighted by Gasteiger charge is -2.18. The summed E-state index contributed by atoms with van der Waals surface area (Å²) >= 11 is 9.06. The number of pyridine rings is 1. The molecular weight excluding hydrogens is 356 g/mol. The zero-order valence-corrected chi connectivity index (χ0v) is 13.4. The number of aromatic nitrogens is 1. The van der Waals surface area contributed by atoms with Gasteiger partial charge in [-0.3, -0.25) is 0 Å². The molecule has 0 spiro atoms. The maximum absolute atomic E-state index is 12.5. The SMILES string of the molecule is CC(O)C1CCN(S(=O)(=O)c2cc(Br)cnc2Cl)C1. The fourth-order valence-corrected chi connectivity index (χ4v) is 4.52. The second-order valence-electron chi connectivity index (χ2n) is 4.59. The summed E-state index contributed by atoms with van der Waals surface area (Å²) in [6.45, 7) is 2.37. The van der Waals surface area contributed by atoms with E-state index in [1.54, 1.807) is 6.92 Å². The molecule has 0 bridgehead atoms. The summed E-state index contributed by atoms with van der Waals surface area (Å²) in [6.07, 6.45) is 1.58. The first-order chi connectivity index (χ1) is 8.82. The van der Waals surface area contributed by atoms with Gasteiger partial charge in [0.25, 0.3) is 0 Å². The molecule has 1 aliphatic rings. The lowest BCUT2D eigenvalue weighted by atomic mass is 10.0. The van der Waals surface area contributed by atoms with Gasteiger partial charge in [-0.2, -0.15) is 4.31 Å². The van der Waals surface area contributed by atoms with Crippen molar-refractivity contribution in [3.63, 3.8) is 0 Å². The third kappa shape index (κ3) is 3.11. The normalized spacial score (nSPS) is 22.6. The van der Waals surface area contributed by atoms with Crippen LogP contribution in [0.5, 0.6) is 0 Å². The second kappa shape index (κ2) is 5.65. The molecule has 1 aliphatic heterocycles. The zero-order chi connectivity index (χ0) is 14.2. The monoisotopic (exact) mass is 368 g/mol. The van der Waals surface area contributed by atoms with Gasteiger partial charge < -0.3 is 5.11 Å². The molecule has 0 amide bonds. The number of hydrogen-bond acceptors (Lipinski definition) is 4. The molecule has 1 aromatic heterocycles. The van der Waals surface area contributed by atoms with Gasteiger partial charge in [-0.05, 0) is 41.3 Å². The van der Waals surface area contributed by atoms with E-state index in [9.17, 15) is 13.5 Å². The fraction of sp³-hybridized carbons (Fsp3) is 0.545. The van der Waals surface area contributed by atoms with Crippen molar-refractivity contribution in [3.05, 3.63) is 21.9 Å². The summed E-state index contributed by atoms with van der Waals surface area (Å²) in [7, 11) is -3.66. The van der Waals surface area contributed by atoms with E-state index in [2.05, 4.69) is 20.9 Å². The van der Waals surface area contributed by atoms with E-state index in [1.807, 2.05) is 0 Å². The van der Waals surface area contributed by atoms with E-state index < -0.39 is 16.1 Å². The Labute approximate surface area is 125 Å². The third-order valence-corrected chi connectivity index (χ3v) is 5.99. The number of nitrogens with zero attached hydrogens (tertiary/aromatic N) is 2. The highest BCUT2D eigenvalue weighted by molar-refractivity contribution is 9.10. The molecule has 5 nitrogen and oxygen atoms in total. The molecule has 106 valence electrons. The maximum atomic E-state index is 12.5. The van der Waals surface area contributed by atoms with Crippen LogP contribution in [0.3, 0.4) is 0 Å². The molecule has 1 saturated heterocycles. The molecule has 1 aromatic rings. The van der Waals surface area contributed by atoms with Crippen LogP contribution >= 0.6 is 27.5 Å². The molecule has 0 radical (unpaired) electrons. The quantitative estimate of drug-likeness (QED) is 0.826. The lowest BCUT2D eigenvalue weighted by molar-refractivity contribution is 0.133. The largest absolute Gasteiger partial charge is 0.393 e. The van der Waals surface area contributed by atoms with Crippen molar-refractivity contribution in [1.82, 2.24) is 9.29 Å². The van der Waals surface area contributed by atoms with Gasteiger partial charge in [0, 0.05) is 23.8 Å². The summed E-state index contributed by atoms with van der Waals surface area (Å²) in [5.41, 5.74) is 0. The average Bonchev–Trinajstić information content (AvgIpc) is 2.82. The molecule has 2 unspecified atom stereocenters. The van der Waals surface area contributed by atoms with Crippen LogP contribution in [0.25, 0.3) is 0 Å². The average molecular weight is 370 g/mol. The number of aliphatic hydroxyl groups excluding tert-OH is 1. The van der Waals surface area contributed by atoms with Crippen LogP contribution in [0.2, 0.25) is 5.15 Å². The minimum absolute atomic E-state index is 0.00483. The van der Waals surface area contributed by atoms with Crippen molar-refractivity contribution < 1.29 is 13.5 Å². The highest BCUT2D eigenvalue weighted by Gasteiger charge is 2.35. The Hall–Kier alpha value is -0.210. The van der Waals surface area contributed by atoms with Crippen molar-refractivity contribution in [2.45, 2.75) is 24.3 Å². The smallest absolute Gasteiger partial charge is 0.246 e. The molecule has 2 rings (SSSR count). The van der Waals surface area contributed by atoms with Crippen LogP contribution in [0.4, 0.5) is 0 Å². The molecule has 19 heavy (non-hydrogen) atoms. The van der Waals surface area contributed by atoms with Gasteiger partial charge >= 0.3 is 0 Å². The standard InChI is InChI=1S/C11H14BrClN2O3S/c1-7(16)8-2-3-15(6-8)19(17,18)10-4-9(12)5-14-11(10)13/h4-5,7-8,16H,2-3,6H2,1H3. The molecule has 1 N–H and O–H groups in total. The first-order valence-corrected chi connectivity index (χ1v) is 8.42. The summed E-state index contributed by atoms with van der Waals surface area (Å²) < 4.78 is 26.9. The van der Waals surface area contributed by atoms with Crippen molar-refractivity contribution >= 4 is 37.6 Å². The van der Waals surface area contributed by atoms with E-state index in [-0.39, 0.29) is 16.0 Å². The van der Waals surface area contributed by atoms with Crippen LogP contribution in [-0.2, 0) is 10.0 Å². The molecule has 0 aromatic carbocycles. The van der Waals surface area contributed by atoms with Gasteiger partial charge in [-0.25, -0.2) is 13.4 Å². The summed E-state index contributed by atoms with van der Waals surface area (Å²) in [5.74, 6) is -0.0336. The Morgan fingerprint density at radius 1 is 1.63 bits per heavy atom. The van der Waals surface area contributed by atoms with E-state index in [4.69, 9.17) is 11.6 Å². The van der Waals surface area contributed by atoms with Gasteiger partial charge in [0.2, 0.25) is 10.0 Å². The summed E-state index contributed by atoms with van der Waals surface area (Å²) in [4.78, 5) is 3.83. The first-order valence-electron chi connectivity index (χ1n) is 5.81. The molecule has 0 saturated carbocycles. The molecular formula is C11H14BrClN2O3S. The van der Waals surface area contributed by atoms with Crippen LogP contribution in [-0.4, -0.2) is 42.0 Å². The van der Waals surface area contributed by atoms with Gasteiger partial charge in [0.05, 0.1) is 6.10 Å². The molecule has 2 heterocycles. The Balaban J connectivity index is 2.31. The number of sulfonamides is 1. The predicted molar refractivity (Wildman–Crippen MR) is 75.5 cm³/mol. The van der Waals surface area contributed by atoms with Crippen molar-refractivity contribution in [2.75, 3.05) is 13.1 Å². The van der Waals surface area contributed by atoms with Crippen molar-refractivity contribution in [3.8, 4) is 0 Å². The van der Waals surface area contributed by atoms with Gasteiger partial charge in [0.15, 0.2) is 0 Å². The molecule has 2 atom stereocenters. The van der Waals surface area contributed by atoms with Crippen LogP contribution in [0, 0.1) is 5.92 Å². The second-order valence-corrected chi connectivity index (χ2v) is 7.77. The van der Waals surface area contributed by atoms with E-state index in [0.717, 1.165) is 0 Å². The van der Waals surface area contributed by atoms with E-state index in [1.165, 1.54) is 16.6 Å². The number of aliphatic hydroxyl groups is 1. The van der Waals surface area contributed by atoms with Crippen LogP contribution in [0.15, 0.2) is 21.6 Å². The van der Waals surface area contributed by atoms with E-state index >= 15 is 0 Å². The molecule has 1 fully saturated rings. The Bertz CT molecular complexity index is 579. The number of halogens is 2. The predicted octanol–water partition coefficient (Wildman–Crippen LogP) is 1.89. The highest BCUT2D eigenvalue weighted by atomic mass is 79.9. The maximum Gasteiger partial charge on any atom is 0.246 e. The van der Waals surface area contributed by atoms with Crippen molar-refractivity contribution in [1.29, 1.82) is 0 Å². The Kier molecular flexibility index (Phi) is 4.52. The highest BCUT2D eigenvalue weighted by Crippen LogP contribution is 2.30. The van der Waals surface area contributed by atoms with E-state index in [0.29, 0.717) is 24.0 Å². The molecule has 0 aliphatic carbocycles. The third-order valence-electron chi connectivity index (χ3n) is 3.26.